The molecule has 16 heavy (non-hydrogen) atoms. The van der Waals surface area contributed by atoms with Gasteiger partial charge in [-0.3, -0.25) is 4.79 Å². The van der Waals surface area contributed by atoms with Crippen molar-refractivity contribution in [1.29, 1.82) is 0 Å². The Morgan fingerprint density at radius 1 is 1.44 bits per heavy atom. The average molecular weight is 221 g/mol. The van der Waals surface area contributed by atoms with Gasteiger partial charge >= 0.3 is 0 Å². The molecule has 0 aliphatic heterocycles. The second-order valence-corrected chi connectivity index (χ2v) is 4.73. The van der Waals surface area contributed by atoms with Crippen LogP contribution in [0.15, 0.2) is 10.9 Å². The molecule has 2 atom stereocenters. The highest BCUT2D eigenvalue weighted by Gasteiger charge is 2.21. The van der Waals surface area contributed by atoms with Crippen LogP contribution in [-0.2, 0) is 0 Å². The molecule has 4 heteroatoms. The maximum atomic E-state index is 11.3. The van der Waals surface area contributed by atoms with Crippen molar-refractivity contribution in [3.05, 3.63) is 22.2 Å². The van der Waals surface area contributed by atoms with Gasteiger partial charge in [0.15, 0.2) is 0 Å². The minimum absolute atomic E-state index is 0.0848. The summed E-state index contributed by atoms with van der Waals surface area (Å²) in [6, 6.07) is 2.00. The van der Waals surface area contributed by atoms with Crippen LogP contribution in [0.1, 0.15) is 38.4 Å². The maximum absolute atomic E-state index is 11.3. The smallest absolute Gasteiger partial charge is 0.252 e. The van der Waals surface area contributed by atoms with Crippen LogP contribution >= 0.6 is 0 Å². The molecule has 0 saturated heterocycles. The first kappa shape index (κ1) is 11.2. The van der Waals surface area contributed by atoms with Crippen molar-refractivity contribution in [3.63, 3.8) is 0 Å². The van der Waals surface area contributed by atoms with Crippen molar-refractivity contribution in [2.24, 2.45) is 5.92 Å². The van der Waals surface area contributed by atoms with Crippen molar-refractivity contribution >= 4 is 5.82 Å². The standard InChI is InChI=1S/C12H19N3O/c1-8-5-3-4-6-10(8)15-11-7-12(16)14-9(2)13-11/h7-8,10H,3-6H2,1-2H3,(H2,13,14,15,16). The molecule has 1 saturated carbocycles. The van der Waals surface area contributed by atoms with Gasteiger partial charge in [0.2, 0.25) is 0 Å². The van der Waals surface area contributed by atoms with E-state index in [4.69, 9.17) is 0 Å². The van der Waals surface area contributed by atoms with Crippen LogP contribution in [0.2, 0.25) is 0 Å². The third kappa shape index (κ3) is 2.62. The van der Waals surface area contributed by atoms with E-state index in [2.05, 4.69) is 22.2 Å². The molecule has 2 rings (SSSR count). The van der Waals surface area contributed by atoms with E-state index in [0.29, 0.717) is 23.6 Å². The summed E-state index contributed by atoms with van der Waals surface area (Å²) in [6.45, 7) is 4.06. The molecule has 1 aromatic heterocycles. The van der Waals surface area contributed by atoms with Crippen molar-refractivity contribution in [2.45, 2.75) is 45.6 Å². The second kappa shape index (κ2) is 4.68. The van der Waals surface area contributed by atoms with Gasteiger partial charge in [-0.05, 0) is 25.7 Å². The summed E-state index contributed by atoms with van der Waals surface area (Å²) in [5.41, 5.74) is -0.0848. The van der Waals surface area contributed by atoms with Crippen molar-refractivity contribution in [3.8, 4) is 0 Å². The summed E-state index contributed by atoms with van der Waals surface area (Å²) < 4.78 is 0. The molecular weight excluding hydrogens is 202 g/mol. The van der Waals surface area contributed by atoms with Gasteiger partial charge < -0.3 is 10.3 Å². The third-order valence-corrected chi connectivity index (χ3v) is 3.30. The van der Waals surface area contributed by atoms with Gasteiger partial charge in [-0.1, -0.05) is 19.8 Å². The zero-order valence-corrected chi connectivity index (χ0v) is 9.92. The molecule has 88 valence electrons. The van der Waals surface area contributed by atoms with E-state index < -0.39 is 0 Å². The number of rotatable bonds is 2. The minimum Gasteiger partial charge on any atom is -0.367 e. The number of H-pyrrole nitrogens is 1. The summed E-state index contributed by atoms with van der Waals surface area (Å²) in [7, 11) is 0. The SMILES string of the molecule is Cc1nc(NC2CCCCC2C)cc(=O)[nH]1. The van der Waals surface area contributed by atoms with E-state index in [1.165, 1.54) is 31.7 Å². The van der Waals surface area contributed by atoms with Gasteiger partial charge in [-0.15, -0.1) is 0 Å². The molecule has 0 bridgehead atoms. The van der Waals surface area contributed by atoms with Gasteiger partial charge in [0.05, 0.1) is 0 Å². The van der Waals surface area contributed by atoms with Gasteiger partial charge in [0.1, 0.15) is 11.6 Å². The van der Waals surface area contributed by atoms with E-state index in [-0.39, 0.29) is 5.56 Å². The fraction of sp³-hybridized carbons (Fsp3) is 0.667. The van der Waals surface area contributed by atoms with E-state index in [9.17, 15) is 4.79 Å². The van der Waals surface area contributed by atoms with Crippen LogP contribution in [-0.4, -0.2) is 16.0 Å². The average Bonchev–Trinajstić information content (AvgIpc) is 2.20. The first-order valence-corrected chi connectivity index (χ1v) is 5.99. The quantitative estimate of drug-likeness (QED) is 0.803. The van der Waals surface area contributed by atoms with Crippen molar-refractivity contribution < 1.29 is 0 Å². The first-order chi connectivity index (χ1) is 7.65. The lowest BCUT2D eigenvalue weighted by Crippen LogP contribution is -2.31. The number of hydrogen-bond donors (Lipinski definition) is 2. The topological polar surface area (TPSA) is 57.8 Å². The molecule has 0 aromatic carbocycles. The Kier molecular flexibility index (Phi) is 3.27. The second-order valence-electron chi connectivity index (χ2n) is 4.73. The zero-order valence-electron chi connectivity index (χ0n) is 9.92. The fourth-order valence-corrected chi connectivity index (χ4v) is 2.37. The van der Waals surface area contributed by atoms with E-state index >= 15 is 0 Å². The Morgan fingerprint density at radius 3 is 2.88 bits per heavy atom. The highest BCUT2D eigenvalue weighted by atomic mass is 16.1. The lowest BCUT2D eigenvalue weighted by Gasteiger charge is -2.29. The van der Waals surface area contributed by atoms with Crippen molar-refractivity contribution in [2.75, 3.05) is 5.32 Å². The van der Waals surface area contributed by atoms with Crippen LogP contribution in [0.3, 0.4) is 0 Å². The van der Waals surface area contributed by atoms with Gasteiger partial charge in [-0.2, -0.15) is 0 Å². The van der Waals surface area contributed by atoms with Crippen LogP contribution in [0, 0.1) is 12.8 Å². The fourth-order valence-electron chi connectivity index (χ4n) is 2.37. The number of hydrogen-bond acceptors (Lipinski definition) is 3. The molecule has 2 N–H and O–H groups in total. The zero-order chi connectivity index (χ0) is 11.5. The monoisotopic (exact) mass is 221 g/mol. The molecule has 1 aliphatic carbocycles. The summed E-state index contributed by atoms with van der Waals surface area (Å²) in [4.78, 5) is 18.2. The number of aromatic nitrogens is 2. The van der Waals surface area contributed by atoms with Crippen LogP contribution in [0.5, 0.6) is 0 Å². The highest BCUT2D eigenvalue weighted by molar-refractivity contribution is 5.34. The Morgan fingerprint density at radius 2 is 2.19 bits per heavy atom. The predicted molar refractivity (Wildman–Crippen MR) is 64.6 cm³/mol. The number of nitrogens with zero attached hydrogens (tertiary/aromatic N) is 1. The lowest BCUT2D eigenvalue weighted by molar-refractivity contribution is 0.349. The Bertz CT molecular complexity index is 413. The van der Waals surface area contributed by atoms with Crippen molar-refractivity contribution in [1.82, 2.24) is 9.97 Å². The molecular formula is C12H19N3O. The van der Waals surface area contributed by atoms with E-state index in [0.717, 1.165) is 0 Å². The molecule has 1 aliphatic rings. The number of aryl methyl sites for hydroxylation is 1. The summed E-state index contributed by atoms with van der Waals surface area (Å²) in [6.07, 6.45) is 5.03. The van der Waals surface area contributed by atoms with Crippen LogP contribution < -0.4 is 10.9 Å². The Labute approximate surface area is 95.5 Å². The van der Waals surface area contributed by atoms with Crippen LogP contribution in [0.25, 0.3) is 0 Å². The molecule has 1 heterocycles. The van der Waals surface area contributed by atoms with E-state index in [1.807, 2.05) is 0 Å². The predicted octanol–water partition coefficient (Wildman–Crippen LogP) is 2.07. The summed E-state index contributed by atoms with van der Waals surface area (Å²) in [5, 5.41) is 3.38. The largest absolute Gasteiger partial charge is 0.367 e. The Balaban J connectivity index is 2.10. The molecule has 2 unspecified atom stereocenters. The first-order valence-electron chi connectivity index (χ1n) is 5.99. The molecule has 4 nitrogen and oxygen atoms in total. The van der Waals surface area contributed by atoms with Crippen LogP contribution in [0.4, 0.5) is 5.82 Å². The normalized spacial score (nSPS) is 25.4. The molecule has 1 aromatic rings. The highest BCUT2D eigenvalue weighted by Crippen LogP contribution is 2.25. The summed E-state index contributed by atoms with van der Waals surface area (Å²) >= 11 is 0. The lowest BCUT2D eigenvalue weighted by atomic mass is 9.86. The van der Waals surface area contributed by atoms with Gasteiger partial charge in [0, 0.05) is 12.1 Å². The minimum atomic E-state index is -0.0848. The molecule has 1 fully saturated rings. The molecule has 0 amide bonds. The number of aromatic amines is 1. The number of anilines is 1. The van der Waals surface area contributed by atoms with Gasteiger partial charge in [-0.25, -0.2) is 4.98 Å². The third-order valence-electron chi connectivity index (χ3n) is 3.30. The molecule has 0 radical (unpaired) electrons. The maximum Gasteiger partial charge on any atom is 0.252 e. The van der Waals surface area contributed by atoms with Gasteiger partial charge in [0.25, 0.3) is 5.56 Å². The number of nitrogens with one attached hydrogen (secondary N) is 2. The Hall–Kier alpha value is -1.32. The summed E-state index contributed by atoms with van der Waals surface area (Å²) in [5.74, 6) is 2.04. The van der Waals surface area contributed by atoms with E-state index in [1.54, 1.807) is 6.92 Å². The molecule has 0 spiro atoms.